The number of anilines is 1. The average Bonchev–Trinajstić information content (AvgIpc) is 2.23. The van der Waals surface area contributed by atoms with Crippen LogP contribution in [0.4, 0.5) is 5.69 Å². The van der Waals surface area contributed by atoms with Crippen LogP contribution in [0.1, 0.15) is 13.3 Å². The topological polar surface area (TPSA) is 55.1 Å². The fourth-order valence-corrected chi connectivity index (χ4v) is 1.36. The van der Waals surface area contributed by atoms with E-state index in [1.54, 1.807) is 18.2 Å². The van der Waals surface area contributed by atoms with E-state index in [2.05, 4.69) is 5.32 Å². The number of rotatable bonds is 3. The third-order valence-electron chi connectivity index (χ3n) is 1.99. The van der Waals surface area contributed by atoms with Crippen LogP contribution in [-0.2, 0) is 4.79 Å². The third kappa shape index (κ3) is 3.09. The minimum Gasteiger partial charge on any atom is -0.323 e. The van der Waals surface area contributed by atoms with Crippen molar-refractivity contribution in [2.45, 2.75) is 19.4 Å². The Bertz CT molecular complexity index is 368. The molecule has 0 bridgehead atoms. The van der Waals surface area contributed by atoms with E-state index in [0.717, 1.165) is 0 Å². The number of halogens is 2. The summed E-state index contributed by atoms with van der Waals surface area (Å²) in [5, 5.41) is 3.35. The second kappa shape index (κ2) is 5.35. The van der Waals surface area contributed by atoms with Crippen LogP contribution in [0, 0.1) is 0 Å². The number of amides is 1. The first-order valence-corrected chi connectivity index (χ1v) is 5.32. The van der Waals surface area contributed by atoms with E-state index < -0.39 is 6.04 Å². The summed E-state index contributed by atoms with van der Waals surface area (Å²) in [6, 6.07) is 4.51. The summed E-state index contributed by atoms with van der Waals surface area (Å²) in [7, 11) is 0. The van der Waals surface area contributed by atoms with Crippen molar-refractivity contribution in [3.05, 3.63) is 28.2 Å². The number of benzene rings is 1. The van der Waals surface area contributed by atoms with E-state index in [0.29, 0.717) is 22.2 Å². The number of nitrogens with one attached hydrogen (secondary N) is 1. The van der Waals surface area contributed by atoms with Crippen molar-refractivity contribution in [3.8, 4) is 0 Å². The molecule has 0 heterocycles. The monoisotopic (exact) mass is 246 g/mol. The molecule has 82 valence electrons. The maximum atomic E-state index is 11.5. The summed E-state index contributed by atoms with van der Waals surface area (Å²) in [5.74, 6) is -0.262. The van der Waals surface area contributed by atoms with Crippen molar-refractivity contribution in [1.82, 2.24) is 0 Å². The summed E-state index contributed by atoms with van der Waals surface area (Å²) < 4.78 is 0. The molecular weight excluding hydrogens is 235 g/mol. The second-order valence-corrected chi connectivity index (χ2v) is 3.89. The first-order chi connectivity index (χ1) is 7.06. The van der Waals surface area contributed by atoms with Gasteiger partial charge in [0.1, 0.15) is 0 Å². The van der Waals surface area contributed by atoms with Crippen molar-refractivity contribution in [2.75, 3.05) is 5.32 Å². The van der Waals surface area contributed by atoms with Crippen molar-refractivity contribution in [1.29, 1.82) is 0 Å². The predicted molar refractivity (Wildman–Crippen MR) is 63.4 cm³/mol. The van der Waals surface area contributed by atoms with Gasteiger partial charge in [0.25, 0.3) is 0 Å². The lowest BCUT2D eigenvalue weighted by atomic mass is 10.2. The minimum atomic E-state index is -0.528. The van der Waals surface area contributed by atoms with Gasteiger partial charge < -0.3 is 11.1 Å². The molecule has 3 N–H and O–H groups in total. The van der Waals surface area contributed by atoms with E-state index in [4.69, 9.17) is 28.9 Å². The van der Waals surface area contributed by atoms with Gasteiger partial charge in [-0.1, -0.05) is 36.2 Å². The molecule has 0 aliphatic carbocycles. The van der Waals surface area contributed by atoms with Gasteiger partial charge in [-0.25, -0.2) is 0 Å². The maximum Gasteiger partial charge on any atom is 0.241 e. The SMILES string of the molecule is CCC(N)C(=O)Nc1cccc(Cl)c1Cl. The molecule has 1 amide bonds. The van der Waals surface area contributed by atoms with E-state index in [1.807, 2.05) is 6.92 Å². The molecule has 1 rings (SSSR count). The zero-order valence-corrected chi connectivity index (χ0v) is 9.77. The number of hydrogen-bond acceptors (Lipinski definition) is 2. The van der Waals surface area contributed by atoms with Gasteiger partial charge in [0.2, 0.25) is 5.91 Å². The Morgan fingerprint density at radius 1 is 1.53 bits per heavy atom. The van der Waals surface area contributed by atoms with Crippen LogP contribution in [0.3, 0.4) is 0 Å². The zero-order valence-electron chi connectivity index (χ0n) is 8.26. The number of carbonyl (C=O) groups is 1. The first kappa shape index (κ1) is 12.3. The lowest BCUT2D eigenvalue weighted by molar-refractivity contribution is -0.117. The molecule has 3 nitrogen and oxygen atoms in total. The van der Waals surface area contributed by atoms with Gasteiger partial charge in [-0.3, -0.25) is 4.79 Å². The van der Waals surface area contributed by atoms with Gasteiger partial charge in [0.15, 0.2) is 0 Å². The van der Waals surface area contributed by atoms with Crippen molar-refractivity contribution >= 4 is 34.8 Å². The van der Waals surface area contributed by atoms with E-state index in [-0.39, 0.29) is 5.91 Å². The van der Waals surface area contributed by atoms with Crippen LogP contribution in [0.5, 0.6) is 0 Å². The van der Waals surface area contributed by atoms with Crippen LogP contribution < -0.4 is 11.1 Å². The number of hydrogen-bond donors (Lipinski definition) is 2. The molecule has 1 aromatic rings. The van der Waals surface area contributed by atoms with Crippen molar-refractivity contribution in [3.63, 3.8) is 0 Å². The van der Waals surface area contributed by atoms with Gasteiger partial charge in [0, 0.05) is 0 Å². The highest BCUT2D eigenvalue weighted by Gasteiger charge is 2.13. The van der Waals surface area contributed by atoms with Crippen LogP contribution in [-0.4, -0.2) is 11.9 Å². The lowest BCUT2D eigenvalue weighted by Gasteiger charge is -2.11. The molecule has 0 saturated carbocycles. The Hall–Kier alpha value is -0.770. The molecule has 0 aliphatic heterocycles. The molecule has 1 atom stereocenters. The highest BCUT2D eigenvalue weighted by Crippen LogP contribution is 2.29. The average molecular weight is 247 g/mol. The summed E-state index contributed by atoms with van der Waals surface area (Å²) in [4.78, 5) is 11.5. The Morgan fingerprint density at radius 2 is 2.20 bits per heavy atom. The summed E-state index contributed by atoms with van der Waals surface area (Å²) in [6.45, 7) is 1.84. The van der Waals surface area contributed by atoms with Crippen LogP contribution in [0.15, 0.2) is 18.2 Å². The van der Waals surface area contributed by atoms with Crippen molar-refractivity contribution < 1.29 is 4.79 Å². The molecule has 0 radical (unpaired) electrons. The van der Waals surface area contributed by atoms with E-state index in [1.165, 1.54) is 0 Å². The largest absolute Gasteiger partial charge is 0.323 e. The molecule has 0 spiro atoms. The third-order valence-corrected chi connectivity index (χ3v) is 2.80. The van der Waals surface area contributed by atoms with Crippen LogP contribution in [0.25, 0.3) is 0 Å². The molecule has 15 heavy (non-hydrogen) atoms. The fraction of sp³-hybridized carbons (Fsp3) is 0.300. The normalized spacial score (nSPS) is 12.3. The highest BCUT2D eigenvalue weighted by atomic mass is 35.5. The molecule has 0 saturated heterocycles. The van der Waals surface area contributed by atoms with Crippen molar-refractivity contribution in [2.24, 2.45) is 5.73 Å². The molecule has 0 aliphatic rings. The van der Waals surface area contributed by atoms with Crippen LogP contribution in [0.2, 0.25) is 10.0 Å². The lowest BCUT2D eigenvalue weighted by Crippen LogP contribution is -2.34. The number of carbonyl (C=O) groups excluding carboxylic acids is 1. The Labute approximate surface area is 98.5 Å². The van der Waals surface area contributed by atoms with E-state index in [9.17, 15) is 4.79 Å². The quantitative estimate of drug-likeness (QED) is 0.862. The summed E-state index contributed by atoms with van der Waals surface area (Å²) >= 11 is 11.7. The standard InChI is InChI=1S/C10H12Cl2N2O/c1-2-7(13)10(15)14-8-5-3-4-6(11)9(8)12/h3-5,7H,2,13H2,1H3,(H,14,15). The van der Waals surface area contributed by atoms with Gasteiger partial charge >= 0.3 is 0 Å². The molecule has 0 fully saturated rings. The zero-order chi connectivity index (χ0) is 11.4. The second-order valence-electron chi connectivity index (χ2n) is 3.11. The molecule has 1 aromatic carbocycles. The van der Waals surface area contributed by atoms with Gasteiger partial charge in [0.05, 0.1) is 21.8 Å². The smallest absolute Gasteiger partial charge is 0.241 e. The summed E-state index contributed by atoms with van der Waals surface area (Å²) in [5.41, 5.74) is 6.05. The highest BCUT2D eigenvalue weighted by molar-refractivity contribution is 6.44. The number of nitrogens with two attached hydrogens (primary N) is 1. The van der Waals surface area contributed by atoms with Gasteiger partial charge in [-0.2, -0.15) is 0 Å². The Balaban J connectivity index is 2.81. The molecular formula is C10H12Cl2N2O. The minimum absolute atomic E-state index is 0.262. The van der Waals surface area contributed by atoms with Gasteiger partial charge in [-0.15, -0.1) is 0 Å². The first-order valence-electron chi connectivity index (χ1n) is 4.56. The fourth-order valence-electron chi connectivity index (χ4n) is 1.01. The van der Waals surface area contributed by atoms with Crippen LogP contribution >= 0.6 is 23.2 Å². The van der Waals surface area contributed by atoms with Gasteiger partial charge in [-0.05, 0) is 18.6 Å². The molecule has 1 unspecified atom stereocenters. The molecule has 5 heteroatoms. The predicted octanol–water partition coefficient (Wildman–Crippen LogP) is 2.67. The Morgan fingerprint density at radius 3 is 2.80 bits per heavy atom. The molecule has 0 aromatic heterocycles. The Kier molecular flexibility index (Phi) is 4.39. The maximum absolute atomic E-state index is 11.5. The van der Waals surface area contributed by atoms with E-state index >= 15 is 0 Å². The summed E-state index contributed by atoms with van der Waals surface area (Å²) in [6.07, 6.45) is 0.573.